The van der Waals surface area contributed by atoms with E-state index in [1.54, 1.807) is 11.8 Å². The fourth-order valence-electron chi connectivity index (χ4n) is 2.04. The van der Waals surface area contributed by atoms with Gasteiger partial charge in [0.2, 0.25) is 5.91 Å². The zero-order valence-corrected chi connectivity index (χ0v) is 10.5. The maximum absolute atomic E-state index is 11.5. The van der Waals surface area contributed by atoms with Crippen molar-refractivity contribution in [2.75, 3.05) is 26.2 Å². The molecule has 0 bridgehead atoms. The van der Waals surface area contributed by atoms with Crippen LogP contribution in [-0.4, -0.2) is 54.2 Å². The first-order chi connectivity index (χ1) is 8.43. The number of carboxylic acid groups (broad SMARTS) is 1. The van der Waals surface area contributed by atoms with E-state index < -0.39 is 23.9 Å². The van der Waals surface area contributed by atoms with Crippen molar-refractivity contribution >= 4 is 18.0 Å². The van der Waals surface area contributed by atoms with Crippen LogP contribution < -0.4 is 5.32 Å². The van der Waals surface area contributed by atoms with E-state index in [1.807, 2.05) is 6.92 Å². The molecule has 2 atom stereocenters. The van der Waals surface area contributed by atoms with Gasteiger partial charge in [0.1, 0.15) is 0 Å². The summed E-state index contributed by atoms with van der Waals surface area (Å²) in [5.41, 5.74) is 0. The molecule has 0 aromatic heterocycles. The SMILES string of the molecule is CCOC(=O)NC(=O)CN1CC(C)C(C(=O)O)C1. The number of imide groups is 1. The second kappa shape index (κ2) is 6.34. The minimum absolute atomic E-state index is 0.00195. The van der Waals surface area contributed by atoms with Gasteiger partial charge in [0.15, 0.2) is 0 Å². The molecule has 7 nitrogen and oxygen atoms in total. The molecule has 102 valence electrons. The van der Waals surface area contributed by atoms with Gasteiger partial charge in [-0.15, -0.1) is 0 Å². The predicted octanol–water partition coefficient (Wildman–Crippen LogP) is -0.0884. The summed E-state index contributed by atoms with van der Waals surface area (Å²) < 4.78 is 4.57. The number of carboxylic acids is 1. The first-order valence-corrected chi connectivity index (χ1v) is 5.85. The number of nitrogens with one attached hydrogen (secondary N) is 1. The molecule has 1 aliphatic rings. The van der Waals surface area contributed by atoms with Crippen LogP contribution in [0.25, 0.3) is 0 Å². The number of likely N-dealkylation sites (tertiary alicyclic amines) is 1. The normalized spacial score (nSPS) is 23.7. The monoisotopic (exact) mass is 258 g/mol. The van der Waals surface area contributed by atoms with E-state index in [0.717, 1.165) is 0 Å². The Labute approximate surface area is 105 Å². The topological polar surface area (TPSA) is 95.9 Å². The minimum Gasteiger partial charge on any atom is -0.481 e. The van der Waals surface area contributed by atoms with Crippen molar-refractivity contribution in [3.63, 3.8) is 0 Å². The molecule has 1 fully saturated rings. The molecule has 1 aliphatic heterocycles. The van der Waals surface area contributed by atoms with E-state index in [2.05, 4.69) is 10.1 Å². The third-order valence-electron chi connectivity index (χ3n) is 2.89. The van der Waals surface area contributed by atoms with E-state index in [9.17, 15) is 14.4 Å². The Kier molecular flexibility index (Phi) is 5.08. The molecule has 2 N–H and O–H groups in total. The number of carbonyl (C=O) groups excluding carboxylic acids is 2. The Balaban J connectivity index is 2.38. The van der Waals surface area contributed by atoms with Gasteiger partial charge >= 0.3 is 12.1 Å². The highest BCUT2D eigenvalue weighted by Crippen LogP contribution is 2.22. The highest BCUT2D eigenvalue weighted by Gasteiger charge is 2.35. The second-order valence-corrected chi connectivity index (χ2v) is 4.38. The predicted molar refractivity (Wildman–Crippen MR) is 61.9 cm³/mol. The van der Waals surface area contributed by atoms with Crippen LogP contribution in [0, 0.1) is 11.8 Å². The van der Waals surface area contributed by atoms with Gasteiger partial charge in [-0.3, -0.25) is 19.8 Å². The van der Waals surface area contributed by atoms with Gasteiger partial charge in [-0.1, -0.05) is 6.92 Å². The highest BCUT2D eigenvalue weighted by atomic mass is 16.5. The van der Waals surface area contributed by atoms with Crippen LogP contribution in [-0.2, 0) is 14.3 Å². The smallest absolute Gasteiger partial charge is 0.413 e. The van der Waals surface area contributed by atoms with Crippen molar-refractivity contribution in [3.8, 4) is 0 Å². The van der Waals surface area contributed by atoms with Crippen LogP contribution >= 0.6 is 0 Å². The van der Waals surface area contributed by atoms with Crippen LogP contribution in [0.4, 0.5) is 4.79 Å². The number of ether oxygens (including phenoxy) is 1. The van der Waals surface area contributed by atoms with Gasteiger partial charge in [0, 0.05) is 13.1 Å². The van der Waals surface area contributed by atoms with Crippen molar-refractivity contribution in [1.82, 2.24) is 10.2 Å². The van der Waals surface area contributed by atoms with Crippen molar-refractivity contribution in [2.45, 2.75) is 13.8 Å². The fraction of sp³-hybridized carbons (Fsp3) is 0.727. The molecule has 0 saturated carbocycles. The number of hydrogen-bond donors (Lipinski definition) is 2. The quantitative estimate of drug-likeness (QED) is 0.731. The van der Waals surface area contributed by atoms with Crippen molar-refractivity contribution < 1.29 is 24.2 Å². The van der Waals surface area contributed by atoms with E-state index in [4.69, 9.17) is 5.11 Å². The lowest BCUT2D eigenvalue weighted by Gasteiger charge is -2.14. The third-order valence-corrected chi connectivity index (χ3v) is 2.89. The third kappa shape index (κ3) is 3.99. The Morgan fingerprint density at radius 3 is 2.56 bits per heavy atom. The van der Waals surface area contributed by atoms with E-state index in [1.165, 1.54) is 0 Å². The van der Waals surface area contributed by atoms with E-state index in [0.29, 0.717) is 13.1 Å². The lowest BCUT2D eigenvalue weighted by atomic mass is 9.99. The molecule has 7 heteroatoms. The zero-order chi connectivity index (χ0) is 13.7. The molecule has 18 heavy (non-hydrogen) atoms. The number of hydrogen-bond acceptors (Lipinski definition) is 5. The maximum Gasteiger partial charge on any atom is 0.413 e. The first kappa shape index (κ1) is 14.4. The minimum atomic E-state index is -0.851. The van der Waals surface area contributed by atoms with Gasteiger partial charge in [-0.2, -0.15) is 0 Å². The number of amides is 2. The molecular formula is C11H18N2O5. The lowest BCUT2D eigenvalue weighted by Crippen LogP contribution is -2.39. The van der Waals surface area contributed by atoms with Crippen molar-refractivity contribution in [3.05, 3.63) is 0 Å². The van der Waals surface area contributed by atoms with E-state index in [-0.39, 0.29) is 19.1 Å². The summed E-state index contributed by atoms with van der Waals surface area (Å²) in [6.45, 7) is 4.54. The first-order valence-electron chi connectivity index (χ1n) is 5.85. The van der Waals surface area contributed by atoms with E-state index >= 15 is 0 Å². The summed E-state index contributed by atoms with van der Waals surface area (Å²) in [5.74, 6) is -1.79. The maximum atomic E-state index is 11.5. The molecule has 1 rings (SSSR count). The number of alkyl carbamates (subject to hydrolysis) is 1. The van der Waals surface area contributed by atoms with Crippen LogP contribution in [0.5, 0.6) is 0 Å². The average molecular weight is 258 g/mol. The Morgan fingerprint density at radius 2 is 2.06 bits per heavy atom. The number of aliphatic carboxylic acids is 1. The molecule has 0 aromatic carbocycles. The Morgan fingerprint density at radius 1 is 1.39 bits per heavy atom. The Bertz CT molecular complexity index is 344. The standard InChI is InChI=1S/C11H18N2O5/c1-3-18-11(17)12-9(14)6-13-4-7(2)8(5-13)10(15)16/h7-8H,3-6H2,1-2H3,(H,15,16)(H,12,14,17). The van der Waals surface area contributed by atoms with Gasteiger partial charge in [-0.05, 0) is 12.8 Å². The number of nitrogens with zero attached hydrogens (tertiary/aromatic N) is 1. The molecule has 1 saturated heterocycles. The van der Waals surface area contributed by atoms with Gasteiger partial charge in [0.05, 0.1) is 19.1 Å². The molecule has 1 heterocycles. The molecule has 0 radical (unpaired) electrons. The molecule has 0 spiro atoms. The summed E-state index contributed by atoms with van der Waals surface area (Å²) in [4.78, 5) is 35.1. The Hall–Kier alpha value is -1.63. The highest BCUT2D eigenvalue weighted by molar-refractivity contribution is 5.92. The largest absolute Gasteiger partial charge is 0.481 e. The van der Waals surface area contributed by atoms with Crippen LogP contribution in [0.15, 0.2) is 0 Å². The summed E-state index contributed by atoms with van der Waals surface area (Å²) >= 11 is 0. The van der Waals surface area contributed by atoms with Crippen LogP contribution in [0.1, 0.15) is 13.8 Å². The summed E-state index contributed by atoms with van der Waals surface area (Å²) in [7, 11) is 0. The fourth-order valence-corrected chi connectivity index (χ4v) is 2.04. The zero-order valence-electron chi connectivity index (χ0n) is 10.5. The number of carbonyl (C=O) groups is 3. The molecule has 0 aromatic rings. The van der Waals surface area contributed by atoms with Gasteiger partial charge in [-0.25, -0.2) is 4.79 Å². The van der Waals surface area contributed by atoms with Gasteiger partial charge < -0.3 is 9.84 Å². The molecule has 0 aliphatic carbocycles. The van der Waals surface area contributed by atoms with Crippen LogP contribution in [0.2, 0.25) is 0 Å². The van der Waals surface area contributed by atoms with Crippen LogP contribution in [0.3, 0.4) is 0 Å². The molecular weight excluding hydrogens is 240 g/mol. The lowest BCUT2D eigenvalue weighted by molar-refractivity contribution is -0.142. The average Bonchev–Trinajstić information content (AvgIpc) is 2.59. The summed E-state index contributed by atoms with van der Waals surface area (Å²) in [6.07, 6.45) is -0.774. The molecule has 2 amide bonds. The van der Waals surface area contributed by atoms with Gasteiger partial charge in [0.25, 0.3) is 0 Å². The number of rotatable bonds is 4. The van der Waals surface area contributed by atoms with Crippen molar-refractivity contribution in [1.29, 1.82) is 0 Å². The second-order valence-electron chi connectivity index (χ2n) is 4.38. The van der Waals surface area contributed by atoms with Crippen molar-refractivity contribution in [2.24, 2.45) is 11.8 Å². The molecule has 2 unspecified atom stereocenters. The summed E-state index contributed by atoms with van der Waals surface area (Å²) in [6, 6.07) is 0. The summed E-state index contributed by atoms with van der Waals surface area (Å²) in [5, 5.41) is 11.0.